The number of aromatic nitrogens is 1. The van der Waals surface area contributed by atoms with Gasteiger partial charge in [-0.05, 0) is 17.5 Å². The summed E-state index contributed by atoms with van der Waals surface area (Å²) in [4.78, 5) is 4.87. The van der Waals surface area contributed by atoms with Crippen molar-refractivity contribution >= 4 is 11.3 Å². The molecule has 0 bridgehead atoms. The zero-order valence-corrected chi connectivity index (χ0v) is 5.89. The molecule has 0 unspecified atom stereocenters. The van der Waals surface area contributed by atoms with E-state index in [1.807, 2.05) is 11.4 Å². The highest BCUT2D eigenvalue weighted by molar-refractivity contribution is 7.13. The zero-order chi connectivity index (χ0) is 6.81. The van der Waals surface area contributed by atoms with E-state index in [9.17, 15) is 0 Å². The quantitative estimate of drug-likeness (QED) is 0.622. The SMILES string of the molecule is [c]1csc(-c2cnco2)c1. The Labute approximate surface area is 62.1 Å². The van der Waals surface area contributed by atoms with Gasteiger partial charge in [0.15, 0.2) is 12.2 Å². The second kappa shape index (κ2) is 2.27. The lowest BCUT2D eigenvalue weighted by Crippen LogP contribution is -1.59. The van der Waals surface area contributed by atoms with Gasteiger partial charge in [-0.15, -0.1) is 11.3 Å². The van der Waals surface area contributed by atoms with Gasteiger partial charge in [0.25, 0.3) is 0 Å². The van der Waals surface area contributed by atoms with Crippen LogP contribution in [-0.2, 0) is 0 Å². The predicted octanol–water partition coefficient (Wildman–Crippen LogP) is 2.20. The van der Waals surface area contributed by atoms with E-state index in [0.29, 0.717) is 0 Å². The molecule has 0 aliphatic heterocycles. The topological polar surface area (TPSA) is 26.0 Å². The molecule has 3 heteroatoms. The Morgan fingerprint density at radius 2 is 2.60 bits per heavy atom. The van der Waals surface area contributed by atoms with Gasteiger partial charge in [0.1, 0.15) is 0 Å². The predicted molar refractivity (Wildman–Crippen MR) is 38.7 cm³/mol. The molecule has 0 saturated heterocycles. The van der Waals surface area contributed by atoms with Crippen molar-refractivity contribution in [3.63, 3.8) is 0 Å². The van der Waals surface area contributed by atoms with E-state index in [2.05, 4.69) is 11.1 Å². The number of thiophene rings is 1. The summed E-state index contributed by atoms with van der Waals surface area (Å²) in [6.45, 7) is 0. The van der Waals surface area contributed by atoms with Gasteiger partial charge in [-0.2, -0.15) is 0 Å². The standard InChI is InChI=1S/C7H4NOS/c1-2-7(10-3-1)6-4-8-5-9-6/h2-5H. The molecule has 49 valence electrons. The van der Waals surface area contributed by atoms with Gasteiger partial charge in [-0.25, -0.2) is 4.98 Å². The number of hydrogen-bond acceptors (Lipinski definition) is 3. The molecule has 2 nitrogen and oxygen atoms in total. The maximum atomic E-state index is 5.06. The lowest BCUT2D eigenvalue weighted by atomic mass is 10.4. The van der Waals surface area contributed by atoms with Gasteiger partial charge < -0.3 is 4.42 Å². The van der Waals surface area contributed by atoms with Crippen LogP contribution in [0.4, 0.5) is 0 Å². The van der Waals surface area contributed by atoms with Crippen LogP contribution < -0.4 is 0 Å². The molecule has 1 radical (unpaired) electrons. The molecular formula is C7H4NOS. The van der Waals surface area contributed by atoms with E-state index in [1.54, 1.807) is 17.5 Å². The smallest absolute Gasteiger partial charge is 0.181 e. The van der Waals surface area contributed by atoms with Crippen molar-refractivity contribution in [2.24, 2.45) is 0 Å². The Balaban J connectivity index is 2.48. The van der Waals surface area contributed by atoms with E-state index in [-0.39, 0.29) is 0 Å². The first kappa shape index (κ1) is 5.68. The summed E-state index contributed by atoms with van der Waals surface area (Å²) in [5.74, 6) is 0.811. The first-order valence-electron chi connectivity index (χ1n) is 2.80. The first-order chi connectivity index (χ1) is 4.97. The molecule has 2 aromatic heterocycles. The minimum absolute atomic E-state index is 0.811. The van der Waals surface area contributed by atoms with Crippen molar-refractivity contribution in [2.75, 3.05) is 0 Å². The fourth-order valence-corrected chi connectivity index (χ4v) is 1.32. The molecule has 2 heterocycles. The van der Waals surface area contributed by atoms with Crippen molar-refractivity contribution in [1.82, 2.24) is 4.98 Å². The number of oxazole rings is 1. The third-order valence-electron chi connectivity index (χ3n) is 1.14. The second-order valence-corrected chi connectivity index (χ2v) is 2.69. The van der Waals surface area contributed by atoms with Crippen molar-refractivity contribution < 1.29 is 4.42 Å². The molecule has 0 spiro atoms. The summed E-state index contributed by atoms with van der Waals surface area (Å²) < 4.78 is 5.06. The van der Waals surface area contributed by atoms with Crippen LogP contribution in [0.1, 0.15) is 0 Å². The average Bonchev–Trinajstić information content (AvgIpc) is 2.59. The van der Waals surface area contributed by atoms with Crippen LogP contribution >= 0.6 is 11.3 Å². The van der Waals surface area contributed by atoms with Crippen molar-refractivity contribution in [1.29, 1.82) is 0 Å². The number of hydrogen-bond donors (Lipinski definition) is 0. The summed E-state index contributed by atoms with van der Waals surface area (Å²) in [6.07, 6.45) is 3.12. The van der Waals surface area contributed by atoms with Crippen LogP contribution in [0.2, 0.25) is 0 Å². The van der Waals surface area contributed by atoms with E-state index in [0.717, 1.165) is 10.6 Å². The Kier molecular flexibility index (Phi) is 1.29. The molecule has 2 aromatic rings. The fraction of sp³-hybridized carbons (Fsp3) is 0. The normalized spacial score (nSPS) is 10.0. The van der Waals surface area contributed by atoms with Gasteiger partial charge in [0.05, 0.1) is 11.1 Å². The van der Waals surface area contributed by atoms with Crippen molar-refractivity contribution in [2.45, 2.75) is 0 Å². The minimum Gasteiger partial charge on any atom is -0.443 e. The van der Waals surface area contributed by atoms with Gasteiger partial charge in [0.2, 0.25) is 0 Å². The minimum atomic E-state index is 0.811. The molecule has 10 heavy (non-hydrogen) atoms. The molecule has 0 amide bonds. The van der Waals surface area contributed by atoms with Crippen molar-refractivity contribution in [3.05, 3.63) is 30.1 Å². The summed E-state index contributed by atoms with van der Waals surface area (Å²) in [6, 6.07) is 4.83. The average molecular weight is 150 g/mol. The van der Waals surface area contributed by atoms with Gasteiger partial charge in [-0.1, -0.05) is 0 Å². The zero-order valence-electron chi connectivity index (χ0n) is 5.07. The monoisotopic (exact) mass is 150 g/mol. The highest BCUT2D eigenvalue weighted by atomic mass is 32.1. The van der Waals surface area contributed by atoms with Crippen LogP contribution in [-0.4, -0.2) is 4.98 Å². The van der Waals surface area contributed by atoms with E-state index in [1.165, 1.54) is 6.39 Å². The summed E-state index contributed by atoms with van der Waals surface area (Å²) in [7, 11) is 0. The van der Waals surface area contributed by atoms with Crippen LogP contribution in [0.3, 0.4) is 0 Å². The lowest BCUT2D eigenvalue weighted by molar-refractivity contribution is 0.573. The molecule has 2 rings (SSSR count). The van der Waals surface area contributed by atoms with Crippen LogP contribution in [0.15, 0.2) is 28.5 Å². The molecule has 0 saturated carbocycles. The molecule has 0 aliphatic carbocycles. The van der Waals surface area contributed by atoms with Crippen molar-refractivity contribution in [3.8, 4) is 10.6 Å². The Morgan fingerprint density at radius 1 is 1.60 bits per heavy atom. The molecule has 0 fully saturated rings. The largest absolute Gasteiger partial charge is 0.443 e. The van der Waals surface area contributed by atoms with E-state index >= 15 is 0 Å². The van der Waals surface area contributed by atoms with Gasteiger partial charge >= 0.3 is 0 Å². The first-order valence-corrected chi connectivity index (χ1v) is 3.68. The van der Waals surface area contributed by atoms with Crippen LogP contribution in [0.25, 0.3) is 10.6 Å². The maximum Gasteiger partial charge on any atom is 0.181 e. The lowest BCUT2D eigenvalue weighted by Gasteiger charge is -1.83. The summed E-state index contributed by atoms with van der Waals surface area (Å²) in [5, 5.41) is 1.89. The molecular weight excluding hydrogens is 146 g/mol. The van der Waals surface area contributed by atoms with E-state index < -0.39 is 0 Å². The fourth-order valence-electron chi connectivity index (χ4n) is 0.708. The molecule has 0 atom stereocenters. The summed E-state index contributed by atoms with van der Waals surface area (Å²) in [5.41, 5.74) is 0. The number of rotatable bonds is 1. The van der Waals surface area contributed by atoms with Crippen LogP contribution in [0.5, 0.6) is 0 Å². The Hall–Kier alpha value is -1.09. The molecule has 0 aliphatic rings. The molecule has 0 N–H and O–H groups in total. The van der Waals surface area contributed by atoms with Gasteiger partial charge in [-0.3, -0.25) is 0 Å². The second-order valence-electron chi connectivity index (χ2n) is 1.78. The van der Waals surface area contributed by atoms with Crippen LogP contribution in [0, 0.1) is 6.07 Å². The highest BCUT2D eigenvalue weighted by Crippen LogP contribution is 2.22. The Morgan fingerprint density at radius 3 is 3.20 bits per heavy atom. The maximum absolute atomic E-state index is 5.06. The van der Waals surface area contributed by atoms with Gasteiger partial charge in [0, 0.05) is 0 Å². The Bertz CT molecular complexity index is 253. The summed E-state index contributed by atoms with van der Waals surface area (Å²) >= 11 is 1.59. The highest BCUT2D eigenvalue weighted by Gasteiger charge is 1.99. The molecule has 0 aromatic carbocycles. The third-order valence-corrected chi connectivity index (χ3v) is 1.97. The van der Waals surface area contributed by atoms with E-state index in [4.69, 9.17) is 4.42 Å². The number of nitrogens with zero attached hydrogens (tertiary/aromatic N) is 1. The third kappa shape index (κ3) is 0.844.